The molecular formula is C27H23ClFN3O3S2. The number of carbonyl (C=O) groups is 1. The molecule has 10 heteroatoms. The molecule has 1 atom stereocenters. The molecule has 1 aliphatic heterocycles. The number of ether oxygens (including phenoxy) is 1. The Kier molecular flexibility index (Phi) is 6.78. The fourth-order valence-electron chi connectivity index (χ4n) is 4.60. The Hall–Kier alpha value is -3.27. The van der Waals surface area contributed by atoms with Crippen molar-refractivity contribution in [2.45, 2.75) is 33.7 Å². The van der Waals surface area contributed by atoms with Crippen LogP contribution in [0.4, 0.5) is 4.39 Å². The molecule has 0 bridgehead atoms. The minimum absolute atomic E-state index is 0.0428. The van der Waals surface area contributed by atoms with E-state index < -0.39 is 17.8 Å². The molecule has 5 rings (SSSR count). The fourth-order valence-corrected chi connectivity index (χ4v) is 6.64. The van der Waals surface area contributed by atoms with Crippen LogP contribution in [-0.4, -0.2) is 21.7 Å². The highest BCUT2D eigenvalue weighted by Gasteiger charge is 2.33. The quantitative estimate of drug-likeness (QED) is 0.323. The molecule has 6 nitrogen and oxygen atoms in total. The van der Waals surface area contributed by atoms with Gasteiger partial charge in [0.15, 0.2) is 4.80 Å². The van der Waals surface area contributed by atoms with E-state index in [1.807, 2.05) is 48.1 Å². The molecule has 0 saturated heterocycles. The van der Waals surface area contributed by atoms with Gasteiger partial charge in [0.1, 0.15) is 11.9 Å². The van der Waals surface area contributed by atoms with Crippen molar-refractivity contribution in [1.82, 2.24) is 9.13 Å². The Morgan fingerprint density at radius 1 is 1.24 bits per heavy atom. The lowest BCUT2D eigenvalue weighted by Crippen LogP contribution is -2.39. The first-order valence-corrected chi connectivity index (χ1v) is 13.7. The number of thiophene rings is 1. The lowest BCUT2D eigenvalue weighted by atomic mass is 10.0. The highest BCUT2D eigenvalue weighted by molar-refractivity contribution is 7.10. The number of aryl methyl sites for hydroxylation is 1. The molecule has 1 aromatic carbocycles. The zero-order valence-electron chi connectivity index (χ0n) is 20.5. The van der Waals surface area contributed by atoms with Gasteiger partial charge in [0.2, 0.25) is 0 Å². The van der Waals surface area contributed by atoms with Crippen molar-refractivity contribution >= 4 is 46.3 Å². The monoisotopic (exact) mass is 555 g/mol. The van der Waals surface area contributed by atoms with Gasteiger partial charge in [0, 0.05) is 22.0 Å². The maximum absolute atomic E-state index is 13.8. The molecule has 190 valence electrons. The Labute approximate surface area is 225 Å². The highest BCUT2D eigenvalue weighted by Crippen LogP contribution is 2.33. The van der Waals surface area contributed by atoms with E-state index >= 15 is 0 Å². The van der Waals surface area contributed by atoms with Gasteiger partial charge in [-0.3, -0.25) is 9.36 Å². The summed E-state index contributed by atoms with van der Waals surface area (Å²) in [4.78, 5) is 32.7. The number of hydrogen-bond acceptors (Lipinski definition) is 6. The summed E-state index contributed by atoms with van der Waals surface area (Å²) in [5.41, 5.74) is 4.05. The van der Waals surface area contributed by atoms with E-state index in [1.54, 1.807) is 30.5 Å². The van der Waals surface area contributed by atoms with Gasteiger partial charge in [-0.1, -0.05) is 29.0 Å². The summed E-state index contributed by atoms with van der Waals surface area (Å²) in [7, 11) is 0. The van der Waals surface area contributed by atoms with Crippen molar-refractivity contribution in [2.24, 2.45) is 4.99 Å². The van der Waals surface area contributed by atoms with Crippen LogP contribution in [0, 0.1) is 19.7 Å². The predicted octanol–water partition coefficient (Wildman–Crippen LogP) is 5.06. The van der Waals surface area contributed by atoms with Gasteiger partial charge in [0.05, 0.1) is 27.4 Å². The maximum Gasteiger partial charge on any atom is 0.338 e. The third-order valence-corrected chi connectivity index (χ3v) is 8.45. The molecule has 4 heterocycles. The van der Waals surface area contributed by atoms with Crippen LogP contribution in [0.1, 0.15) is 41.7 Å². The molecule has 0 N–H and O–H groups in total. The lowest BCUT2D eigenvalue weighted by Gasteiger charge is -2.23. The molecular weight excluding hydrogens is 533 g/mol. The van der Waals surface area contributed by atoms with Gasteiger partial charge >= 0.3 is 5.97 Å². The Bertz CT molecular complexity index is 1750. The summed E-state index contributed by atoms with van der Waals surface area (Å²) in [6.07, 6.45) is 1.84. The van der Waals surface area contributed by atoms with Crippen molar-refractivity contribution in [1.29, 1.82) is 0 Å². The smallest absolute Gasteiger partial charge is 0.338 e. The number of hydrogen-bond donors (Lipinski definition) is 0. The van der Waals surface area contributed by atoms with E-state index in [0.717, 1.165) is 27.5 Å². The second-order valence-corrected chi connectivity index (χ2v) is 11.0. The Balaban J connectivity index is 1.67. The molecule has 0 unspecified atom stereocenters. The summed E-state index contributed by atoms with van der Waals surface area (Å²) in [6.45, 7) is 7.62. The number of esters is 1. The SMILES string of the molecule is CCOC(=O)C1=C(C)N=c2s/c(=C/c3cc(C)n(-c4ccc(F)c(Cl)c4)c3C)c(=O)n2[C@@H]1c1cccs1. The van der Waals surface area contributed by atoms with Crippen LogP contribution < -0.4 is 14.9 Å². The molecule has 4 aromatic rings. The number of allylic oxidation sites excluding steroid dienone is 1. The fraction of sp³-hybridized carbons (Fsp3) is 0.222. The lowest BCUT2D eigenvalue weighted by molar-refractivity contribution is -0.139. The number of carbonyl (C=O) groups excluding carboxylic acids is 1. The minimum Gasteiger partial charge on any atom is -0.463 e. The molecule has 0 saturated carbocycles. The second-order valence-electron chi connectivity index (χ2n) is 8.58. The Morgan fingerprint density at radius 2 is 2.03 bits per heavy atom. The third-order valence-electron chi connectivity index (χ3n) is 6.25. The van der Waals surface area contributed by atoms with Crippen LogP contribution in [-0.2, 0) is 9.53 Å². The predicted molar refractivity (Wildman–Crippen MR) is 145 cm³/mol. The third kappa shape index (κ3) is 4.41. The van der Waals surface area contributed by atoms with E-state index in [4.69, 9.17) is 16.3 Å². The van der Waals surface area contributed by atoms with Gasteiger partial charge in [-0.25, -0.2) is 14.2 Å². The second kappa shape index (κ2) is 9.89. The number of thiazole rings is 1. The molecule has 0 radical (unpaired) electrons. The standard InChI is InChI=1S/C27H23ClFN3O3S2/c1-5-35-26(34)23-15(3)30-27-32(24(23)21-7-6-10-36-21)25(33)22(37-27)12-17-11-14(2)31(16(17)4)18-8-9-20(29)19(28)13-18/h6-13,24H,5H2,1-4H3/b22-12+/t24-/m1/s1. The van der Waals surface area contributed by atoms with Gasteiger partial charge in [-0.2, -0.15) is 0 Å². The van der Waals surface area contributed by atoms with Crippen LogP contribution >= 0.6 is 34.3 Å². The van der Waals surface area contributed by atoms with Crippen LogP contribution in [0.15, 0.2) is 62.8 Å². The molecule has 0 fully saturated rings. The van der Waals surface area contributed by atoms with E-state index in [9.17, 15) is 14.0 Å². The molecule has 0 spiro atoms. The topological polar surface area (TPSA) is 65.6 Å². The first-order chi connectivity index (χ1) is 17.7. The van der Waals surface area contributed by atoms with Crippen molar-refractivity contribution in [2.75, 3.05) is 6.61 Å². The highest BCUT2D eigenvalue weighted by atomic mass is 35.5. The zero-order chi connectivity index (χ0) is 26.4. The van der Waals surface area contributed by atoms with Crippen LogP contribution in [0.2, 0.25) is 5.02 Å². The molecule has 0 aliphatic carbocycles. The summed E-state index contributed by atoms with van der Waals surface area (Å²) in [5.74, 6) is -0.954. The normalized spacial score (nSPS) is 15.6. The number of rotatable bonds is 5. The number of nitrogens with zero attached hydrogens (tertiary/aromatic N) is 3. The van der Waals surface area contributed by atoms with Crippen molar-refractivity contribution in [3.8, 4) is 5.69 Å². The minimum atomic E-state index is -0.605. The average Bonchev–Trinajstić information content (AvgIpc) is 3.55. The molecule has 0 amide bonds. The van der Waals surface area contributed by atoms with Gasteiger partial charge in [-0.05, 0) is 75.0 Å². The Morgan fingerprint density at radius 3 is 2.70 bits per heavy atom. The van der Waals surface area contributed by atoms with Crippen molar-refractivity contribution in [3.05, 3.63) is 105 Å². The largest absolute Gasteiger partial charge is 0.463 e. The summed E-state index contributed by atoms with van der Waals surface area (Å²) < 4.78 is 23.1. The number of benzene rings is 1. The van der Waals surface area contributed by atoms with Crippen molar-refractivity contribution in [3.63, 3.8) is 0 Å². The van der Waals surface area contributed by atoms with Crippen LogP contribution in [0.5, 0.6) is 0 Å². The maximum atomic E-state index is 13.8. The van der Waals surface area contributed by atoms with Gasteiger partial charge in [0.25, 0.3) is 5.56 Å². The summed E-state index contributed by atoms with van der Waals surface area (Å²) in [6, 6.07) is 9.75. The van der Waals surface area contributed by atoms with Gasteiger partial charge < -0.3 is 9.30 Å². The zero-order valence-corrected chi connectivity index (χ0v) is 22.9. The van der Waals surface area contributed by atoms with Crippen LogP contribution in [0.3, 0.4) is 0 Å². The summed E-state index contributed by atoms with van der Waals surface area (Å²) in [5, 5.41) is 1.96. The summed E-state index contributed by atoms with van der Waals surface area (Å²) >= 11 is 8.77. The van der Waals surface area contributed by atoms with E-state index in [0.29, 0.717) is 20.6 Å². The van der Waals surface area contributed by atoms with Crippen LogP contribution in [0.25, 0.3) is 11.8 Å². The first kappa shape index (κ1) is 25.4. The molecule has 3 aromatic heterocycles. The van der Waals surface area contributed by atoms with E-state index in [-0.39, 0.29) is 17.2 Å². The first-order valence-electron chi connectivity index (χ1n) is 11.6. The van der Waals surface area contributed by atoms with E-state index in [2.05, 4.69) is 4.99 Å². The van der Waals surface area contributed by atoms with E-state index in [1.165, 1.54) is 28.7 Å². The molecule has 37 heavy (non-hydrogen) atoms. The number of halogens is 2. The number of fused-ring (bicyclic) bond motifs is 1. The van der Waals surface area contributed by atoms with Crippen molar-refractivity contribution < 1.29 is 13.9 Å². The molecule has 1 aliphatic rings. The number of aromatic nitrogens is 2. The average molecular weight is 556 g/mol. The van der Waals surface area contributed by atoms with Gasteiger partial charge in [-0.15, -0.1) is 11.3 Å².